The Hall–Kier alpha value is -2.26. The van der Waals surface area contributed by atoms with Gasteiger partial charge < -0.3 is 5.73 Å². The van der Waals surface area contributed by atoms with Gasteiger partial charge in [-0.15, -0.1) is 0 Å². The summed E-state index contributed by atoms with van der Waals surface area (Å²) in [6.45, 7) is 0. The fourth-order valence-electron chi connectivity index (χ4n) is 2.11. The molecule has 2 N–H and O–H groups in total. The molecule has 120 valence electrons. The lowest BCUT2D eigenvalue weighted by Gasteiger charge is -2.06. The van der Waals surface area contributed by atoms with Crippen molar-refractivity contribution in [2.45, 2.75) is 5.16 Å². The number of aryl methyl sites for hydroxylation is 1. The van der Waals surface area contributed by atoms with Crippen LogP contribution in [0.1, 0.15) is 0 Å². The molecule has 7 nitrogen and oxygen atoms in total. The highest BCUT2D eigenvalue weighted by atomic mass is 35.5. The molecule has 23 heavy (non-hydrogen) atoms. The zero-order chi connectivity index (χ0) is 16.9. The first kappa shape index (κ1) is 15.6. The van der Waals surface area contributed by atoms with Crippen LogP contribution in [-0.4, -0.2) is 34.4 Å². The second kappa shape index (κ2) is 5.14. The minimum Gasteiger partial charge on any atom is -0.383 e. The van der Waals surface area contributed by atoms with Crippen LogP contribution in [0.5, 0.6) is 0 Å². The van der Waals surface area contributed by atoms with Crippen LogP contribution >= 0.6 is 11.6 Å². The molecular weight excluding hydrogens is 345 g/mol. The number of fused-ring (bicyclic) bond motifs is 1. The lowest BCUT2D eigenvalue weighted by atomic mass is 10.1. The predicted molar refractivity (Wildman–Crippen MR) is 84.2 cm³/mol. The molecule has 0 aliphatic carbocycles. The molecule has 0 aliphatic heterocycles. The normalized spacial score (nSPS) is 12.0. The molecule has 0 saturated heterocycles. The molecule has 0 bridgehead atoms. The van der Waals surface area contributed by atoms with E-state index in [4.69, 9.17) is 17.3 Å². The summed E-state index contributed by atoms with van der Waals surface area (Å²) in [5.41, 5.74) is 6.74. The monoisotopic (exact) mass is 355 g/mol. The van der Waals surface area contributed by atoms with E-state index in [1.165, 1.54) is 16.8 Å². The number of sulfone groups is 1. The van der Waals surface area contributed by atoms with Crippen LogP contribution in [0.15, 0.2) is 23.4 Å². The molecule has 3 rings (SSSR count). The topological polar surface area (TPSA) is 104 Å². The molecule has 0 atom stereocenters. The SMILES string of the molecule is Cn1nc2nc(S(C)(=O)=O)nc(-c3ccc(F)c(Cl)c3)c2c1N. The van der Waals surface area contributed by atoms with Crippen molar-refractivity contribution in [1.82, 2.24) is 19.7 Å². The quantitative estimate of drug-likeness (QED) is 0.703. The van der Waals surface area contributed by atoms with E-state index >= 15 is 0 Å². The Morgan fingerprint density at radius 3 is 2.61 bits per heavy atom. The lowest BCUT2D eigenvalue weighted by molar-refractivity contribution is 0.593. The van der Waals surface area contributed by atoms with Gasteiger partial charge in [0.25, 0.3) is 0 Å². The van der Waals surface area contributed by atoms with Gasteiger partial charge in [-0.25, -0.2) is 17.8 Å². The van der Waals surface area contributed by atoms with Crippen molar-refractivity contribution in [2.24, 2.45) is 7.05 Å². The van der Waals surface area contributed by atoms with Crippen LogP contribution < -0.4 is 5.73 Å². The average Bonchev–Trinajstić information content (AvgIpc) is 2.75. The van der Waals surface area contributed by atoms with E-state index in [9.17, 15) is 12.8 Å². The first-order valence-corrected chi connectivity index (χ1v) is 8.61. The molecule has 0 saturated carbocycles. The van der Waals surface area contributed by atoms with Crippen LogP contribution in [0.4, 0.5) is 10.2 Å². The maximum Gasteiger partial charge on any atom is 0.249 e. The van der Waals surface area contributed by atoms with Crippen molar-refractivity contribution in [3.05, 3.63) is 29.0 Å². The maximum atomic E-state index is 13.4. The van der Waals surface area contributed by atoms with Gasteiger partial charge in [0.15, 0.2) is 5.65 Å². The van der Waals surface area contributed by atoms with E-state index in [0.717, 1.165) is 12.3 Å². The molecule has 0 radical (unpaired) electrons. The van der Waals surface area contributed by atoms with Crippen LogP contribution in [0.25, 0.3) is 22.3 Å². The Labute approximate surface area is 135 Å². The van der Waals surface area contributed by atoms with Gasteiger partial charge in [0.1, 0.15) is 11.6 Å². The highest BCUT2D eigenvalue weighted by Crippen LogP contribution is 2.32. The van der Waals surface area contributed by atoms with E-state index in [0.29, 0.717) is 10.9 Å². The van der Waals surface area contributed by atoms with E-state index in [1.54, 1.807) is 7.05 Å². The minimum absolute atomic E-state index is 0.113. The first-order valence-electron chi connectivity index (χ1n) is 6.34. The predicted octanol–water partition coefficient (Wildman–Crippen LogP) is 1.81. The van der Waals surface area contributed by atoms with Gasteiger partial charge in [0, 0.05) is 18.9 Å². The fraction of sp³-hybridized carbons (Fsp3) is 0.154. The van der Waals surface area contributed by atoms with Crippen molar-refractivity contribution < 1.29 is 12.8 Å². The third-order valence-electron chi connectivity index (χ3n) is 3.24. The molecule has 2 heterocycles. The Balaban J connectivity index is 2.43. The van der Waals surface area contributed by atoms with Crippen molar-refractivity contribution in [2.75, 3.05) is 12.0 Å². The molecule has 0 amide bonds. The summed E-state index contributed by atoms with van der Waals surface area (Å²) in [5.74, 6) is -0.335. The van der Waals surface area contributed by atoms with Gasteiger partial charge in [-0.1, -0.05) is 11.6 Å². The molecule has 0 fully saturated rings. The largest absolute Gasteiger partial charge is 0.383 e. The first-order chi connectivity index (χ1) is 10.7. The third kappa shape index (κ3) is 2.62. The van der Waals surface area contributed by atoms with Gasteiger partial charge in [0.05, 0.1) is 16.1 Å². The van der Waals surface area contributed by atoms with Crippen molar-refractivity contribution in [3.63, 3.8) is 0 Å². The number of rotatable bonds is 2. The number of anilines is 1. The molecule has 3 aromatic rings. The number of hydrogen-bond acceptors (Lipinski definition) is 6. The molecule has 0 spiro atoms. The van der Waals surface area contributed by atoms with E-state index in [1.807, 2.05) is 0 Å². The summed E-state index contributed by atoms with van der Waals surface area (Å²) >= 11 is 5.80. The van der Waals surface area contributed by atoms with Gasteiger partial charge in [-0.05, 0) is 18.2 Å². The Kier molecular flexibility index (Phi) is 3.49. The van der Waals surface area contributed by atoms with Crippen LogP contribution in [-0.2, 0) is 16.9 Å². The standard InChI is InChI=1S/C13H11ClFN5O2S/c1-20-11(16)9-10(6-3-4-8(15)7(14)5-6)17-13(23(2,21)22)18-12(9)19-20/h3-5H,16H2,1-2H3. The summed E-state index contributed by atoms with van der Waals surface area (Å²) in [7, 11) is -2.07. The van der Waals surface area contributed by atoms with Gasteiger partial charge in [-0.3, -0.25) is 4.68 Å². The number of nitrogen functional groups attached to an aromatic ring is 1. The summed E-state index contributed by atoms with van der Waals surface area (Å²) < 4.78 is 38.3. The number of benzene rings is 1. The fourth-order valence-corrected chi connectivity index (χ4v) is 2.80. The Bertz CT molecular complexity index is 1050. The smallest absolute Gasteiger partial charge is 0.249 e. The summed E-state index contributed by atoms with van der Waals surface area (Å²) in [5, 5.41) is 3.96. The second-order valence-corrected chi connectivity index (χ2v) is 7.28. The number of nitrogens with two attached hydrogens (primary N) is 1. The third-order valence-corrected chi connectivity index (χ3v) is 4.38. The number of aromatic nitrogens is 4. The zero-order valence-corrected chi connectivity index (χ0v) is 13.7. The van der Waals surface area contributed by atoms with Crippen LogP contribution in [0.2, 0.25) is 5.02 Å². The van der Waals surface area contributed by atoms with E-state index in [-0.39, 0.29) is 22.2 Å². The molecule has 0 aliphatic rings. The van der Waals surface area contributed by atoms with Gasteiger partial charge in [0.2, 0.25) is 15.0 Å². The van der Waals surface area contributed by atoms with Gasteiger partial charge in [-0.2, -0.15) is 10.1 Å². The second-order valence-electron chi connectivity index (χ2n) is 4.96. The summed E-state index contributed by atoms with van der Waals surface area (Å²) in [6, 6.07) is 3.94. The highest BCUT2D eigenvalue weighted by molar-refractivity contribution is 7.90. The van der Waals surface area contributed by atoms with Crippen molar-refractivity contribution >= 4 is 38.3 Å². The molecule has 2 aromatic heterocycles. The molecule has 0 unspecified atom stereocenters. The number of nitrogens with zero attached hydrogens (tertiary/aromatic N) is 4. The Morgan fingerprint density at radius 1 is 1.30 bits per heavy atom. The highest BCUT2D eigenvalue weighted by Gasteiger charge is 2.21. The van der Waals surface area contributed by atoms with Crippen LogP contribution in [0.3, 0.4) is 0 Å². The van der Waals surface area contributed by atoms with E-state index in [2.05, 4.69) is 15.1 Å². The zero-order valence-electron chi connectivity index (χ0n) is 12.1. The molecule has 10 heteroatoms. The van der Waals surface area contributed by atoms with Crippen molar-refractivity contribution in [1.29, 1.82) is 0 Å². The molecule has 1 aromatic carbocycles. The molecular formula is C13H11ClFN5O2S. The maximum absolute atomic E-state index is 13.4. The number of halogens is 2. The van der Waals surface area contributed by atoms with Crippen LogP contribution in [0, 0.1) is 5.82 Å². The average molecular weight is 356 g/mol. The lowest BCUT2D eigenvalue weighted by Crippen LogP contribution is -2.06. The van der Waals surface area contributed by atoms with Gasteiger partial charge >= 0.3 is 0 Å². The van der Waals surface area contributed by atoms with Crippen molar-refractivity contribution in [3.8, 4) is 11.3 Å². The minimum atomic E-state index is -3.67. The van der Waals surface area contributed by atoms with E-state index < -0.39 is 20.8 Å². The summed E-state index contributed by atoms with van der Waals surface area (Å²) in [4.78, 5) is 8.01. The Morgan fingerprint density at radius 2 is 2.00 bits per heavy atom. The number of hydrogen-bond donors (Lipinski definition) is 1. The summed E-state index contributed by atoms with van der Waals surface area (Å²) in [6.07, 6.45) is 0.988.